The lowest BCUT2D eigenvalue weighted by atomic mass is 9.80. The van der Waals surface area contributed by atoms with Gasteiger partial charge in [-0.05, 0) is 40.8 Å². The van der Waals surface area contributed by atoms with Crippen LogP contribution in [0.25, 0.3) is 0 Å². The van der Waals surface area contributed by atoms with Gasteiger partial charge in [0.15, 0.2) is 0 Å². The van der Waals surface area contributed by atoms with Gasteiger partial charge in [0.05, 0.1) is 11.2 Å². The lowest BCUT2D eigenvalue weighted by Gasteiger charge is -2.32. The highest BCUT2D eigenvalue weighted by molar-refractivity contribution is 6.62. The topological polar surface area (TPSA) is 76.4 Å². The number of nitrogens with zero attached hydrogens (tertiary/aromatic N) is 2. The number of nitrogens with one attached hydrogen (secondary N) is 1. The highest BCUT2D eigenvalue weighted by Crippen LogP contribution is 2.36. The number of hydrogen-bond donors (Lipinski definition) is 1. The van der Waals surface area contributed by atoms with Gasteiger partial charge in [0, 0.05) is 18.2 Å². The van der Waals surface area contributed by atoms with Crippen molar-refractivity contribution in [3.63, 3.8) is 0 Å². The smallest absolute Gasteiger partial charge is 0.475 e. The van der Waals surface area contributed by atoms with Crippen LogP contribution in [0.2, 0.25) is 0 Å². The summed E-state index contributed by atoms with van der Waals surface area (Å²) in [7, 11) is 1.31. The predicted molar refractivity (Wildman–Crippen MR) is 84.1 cm³/mol. The minimum atomic E-state index is -0.532. The van der Waals surface area contributed by atoms with E-state index in [0.717, 1.165) is 5.46 Å². The average molecular weight is 303 g/mol. The van der Waals surface area contributed by atoms with Crippen LogP contribution < -0.4 is 15.5 Å². The number of hydrogen-bond acceptors (Lipinski definition) is 6. The molecule has 0 bridgehead atoms. The summed E-state index contributed by atoms with van der Waals surface area (Å²) >= 11 is 0. The van der Waals surface area contributed by atoms with Gasteiger partial charge in [-0.15, -0.1) is 0 Å². The summed E-state index contributed by atoms with van der Waals surface area (Å²) in [6.45, 7) is 9.09. The Morgan fingerprint density at radius 3 is 2.50 bits per heavy atom. The molecule has 0 spiro atoms. The summed E-state index contributed by atoms with van der Waals surface area (Å²) in [5, 5.41) is 12.3. The summed E-state index contributed by atoms with van der Waals surface area (Å²) in [5.41, 5.74) is 0.248. The van der Waals surface area contributed by atoms with Crippen LogP contribution in [0.3, 0.4) is 0 Å². The molecule has 0 aromatic carbocycles. The van der Waals surface area contributed by atoms with E-state index in [1.807, 2.05) is 34.7 Å². The fourth-order valence-electron chi connectivity index (χ4n) is 2.02. The molecular weight excluding hydrogens is 281 g/mol. The monoisotopic (exact) mass is 303 g/mol. The van der Waals surface area contributed by atoms with E-state index in [1.54, 1.807) is 12.3 Å². The van der Waals surface area contributed by atoms with Crippen molar-refractivity contribution in [3.05, 3.63) is 17.8 Å². The van der Waals surface area contributed by atoms with Crippen molar-refractivity contribution >= 4 is 12.6 Å². The van der Waals surface area contributed by atoms with Gasteiger partial charge in [-0.3, -0.25) is 0 Å². The molecule has 0 radical (unpaired) electrons. The lowest BCUT2D eigenvalue weighted by molar-refractivity contribution is 0.00578. The molecule has 0 atom stereocenters. The first-order valence-electron chi connectivity index (χ1n) is 7.34. The van der Waals surface area contributed by atoms with Crippen molar-refractivity contribution in [1.29, 1.82) is 5.26 Å². The highest BCUT2D eigenvalue weighted by atomic mass is 16.7. The Morgan fingerprint density at radius 1 is 1.32 bits per heavy atom. The Hall–Kier alpha value is -1.62. The van der Waals surface area contributed by atoms with Gasteiger partial charge >= 0.3 is 7.12 Å². The third-order valence-corrected chi connectivity index (χ3v) is 4.11. The second-order valence-electron chi connectivity index (χ2n) is 6.27. The summed E-state index contributed by atoms with van der Waals surface area (Å²) < 4.78 is 17.4. The normalized spacial score (nSPS) is 19.0. The van der Waals surface area contributed by atoms with Gasteiger partial charge in [-0.1, -0.05) is 0 Å². The first-order chi connectivity index (χ1) is 10.3. The molecule has 0 amide bonds. The zero-order valence-electron chi connectivity index (χ0n) is 13.8. The molecule has 1 aromatic heterocycles. The lowest BCUT2D eigenvalue weighted by Crippen LogP contribution is -2.41. The predicted octanol–water partition coefficient (Wildman–Crippen LogP) is 0.851. The Morgan fingerprint density at radius 2 is 1.95 bits per heavy atom. The fraction of sp³-hybridized carbons (Fsp3) is 0.600. The average Bonchev–Trinajstić information content (AvgIpc) is 2.68. The van der Waals surface area contributed by atoms with E-state index in [2.05, 4.69) is 16.4 Å². The van der Waals surface area contributed by atoms with Crippen LogP contribution >= 0.6 is 0 Å². The Bertz CT molecular complexity index is 568. The number of aromatic nitrogens is 1. The van der Waals surface area contributed by atoms with Crippen molar-refractivity contribution in [2.45, 2.75) is 38.9 Å². The largest absolute Gasteiger partial charge is 0.496 e. The molecule has 2 rings (SSSR count). The van der Waals surface area contributed by atoms with Gasteiger partial charge in [0.1, 0.15) is 18.2 Å². The maximum absolute atomic E-state index is 9.28. The molecule has 1 saturated heterocycles. The molecule has 0 aliphatic carbocycles. The number of pyridine rings is 1. The molecule has 1 aliphatic heterocycles. The summed E-state index contributed by atoms with van der Waals surface area (Å²) in [5.74, 6) is 0.331. The van der Waals surface area contributed by atoms with Crippen molar-refractivity contribution < 1.29 is 14.0 Å². The number of ether oxygens (including phenoxy) is 1. The van der Waals surface area contributed by atoms with Gasteiger partial charge in [0.25, 0.3) is 0 Å². The van der Waals surface area contributed by atoms with E-state index < -0.39 is 18.3 Å². The van der Waals surface area contributed by atoms with E-state index in [0.29, 0.717) is 24.6 Å². The number of nitriles is 1. The third-order valence-electron chi connectivity index (χ3n) is 4.11. The fourth-order valence-corrected chi connectivity index (χ4v) is 2.02. The molecule has 0 saturated carbocycles. The van der Waals surface area contributed by atoms with Crippen LogP contribution in [0.4, 0.5) is 0 Å². The van der Waals surface area contributed by atoms with Crippen LogP contribution in [0.5, 0.6) is 5.88 Å². The van der Waals surface area contributed by atoms with Crippen LogP contribution in [-0.2, 0) is 9.31 Å². The molecule has 1 N–H and O–H groups in total. The molecule has 6 nitrogen and oxygen atoms in total. The van der Waals surface area contributed by atoms with Gasteiger partial charge < -0.3 is 19.4 Å². The van der Waals surface area contributed by atoms with Crippen molar-refractivity contribution in [2.75, 3.05) is 20.2 Å². The highest BCUT2D eigenvalue weighted by Gasteiger charge is 2.51. The maximum atomic E-state index is 9.28. The van der Waals surface area contributed by atoms with Gasteiger partial charge in [-0.25, -0.2) is 4.98 Å². The van der Waals surface area contributed by atoms with Crippen LogP contribution in [-0.4, -0.2) is 43.5 Å². The van der Waals surface area contributed by atoms with E-state index >= 15 is 0 Å². The molecule has 1 aromatic rings. The summed E-state index contributed by atoms with van der Waals surface area (Å²) in [4.78, 5) is 4.23. The van der Waals surface area contributed by atoms with Gasteiger partial charge in [-0.2, -0.15) is 5.26 Å². The van der Waals surface area contributed by atoms with E-state index in [4.69, 9.17) is 14.0 Å². The maximum Gasteiger partial charge on any atom is 0.496 e. The van der Waals surface area contributed by atoms with Gasteiger partial charge in [0.2, 0.25) is 5.88 Å². The molecule has 0 unspecified atom stereocenters. The molecule has 1 aliphatic rings. The zero-order valence-corrected chi connectivity index (χ0v) is 13.8. The quantitative estimate of drug-likeness (QED) is 0.642. The van der Waals surface area contributed by atoms with Crippen LogP contribution in [0, 0.1) is 11.3 Å². The van der Waals surface area contributed by atoms with Crippen molar-refractivity contribution in [2.24, 2.45) is 0 Å². The molecule has 2 heterocycles. The van der Waals surface area contributed by atoms with E-state index in [-0.39, 0.29) is 0 Å². The van der Waals surface area contributed by atoms with E-state index in [9.17, 15) is 5.26 Å². The summed E-state index contributed by atoms with van der Waals surface area (Å²) in [6.07, 6.45) is 1.64. The number of rotatable bonds is 5. The Kier molecular flexibility index (Phi) is 4.76. The minimum Gasteiger partial charge on any atom is -0.475 e. The minimum absolute atomic E-state index is 0.331. The van der Waals surface area contributed by atoms with E-state index in [1.165, 1.54) is 0 Å². The SMILES string of the molecule is CNCCOc1ncc(B2OC(C)(C)C(C)(C)O2)cc1C#N. The third kappa shape index (κ3) is 3.24. The van der Waals surface area contributed by atoms with Crippen LogP contribution in [0.1, 0.15) is 33.3 Å². The second-order valence-corrected chi connectivity index (χ2v) is 6.27. The molecule has 118 valence electrons. The second kappa shape index (κ2) is 6.25. The molecule has 22 heavy (non-hydrogen) atoms. The Labute approximate surface area is 131 Å². The Balaban J connectivity index is 2.19. The molecular formula is C15H22BN3O3. The molecule has 7 heteroatoms. The molecule has 1 fully saturated rings. The first kappa shape index (κ1) is 16.8. The van der Waals surface area contributed by atoms with Crippen molar-refractivity contribution in [3.8, 4) is 11.9 Å². The summed E-state index contributed by atoms with van der Waals surface area (Å²) in [6, 6.07) is 3.82. The zero-order chi connectivity index (χ0) is 16.4. The van der Waals surface area contributed by atoms with Crippen molar-refractivity contribution in [1.82, 2.24) is 10.3 Å². The first-order valence-corrected chi connectivity index (χ1v) is 7.34. The number of likely N-dealkylation sites (N-methyl/N-ethyl adjacent to an activating group) is 1. The standard InChI is InChI=1S/C15H22BN3O3/c1-14(2)15(3,4)22-16(21-14)12-8-11(9-17)13(19-10-12)20-7-6-18-5/h8,10,18H,6-7H2,1-5H3. The van der Waals surface area contributed by atoms with Crippen LogP contribution in [0.15, 0.2) is 12.3 Å².